The van der Waals surface area contributed by atoms with E-state index in [2.05, 4.69) is 5.32 Å². The number of amides is 3. The molecule has 1 fully saturated rings. The Kier molecular flexibility index (Phi) is 3.87. The number of hydrogen-bond acceptors (Lipinski definition) is 3. The number of aliphatic carboxylic acids is 1. The lowest BCUT2D eigenvalue weighted by molar-refractivity contribution is -0.148. The maximum atomic E-state index is 11.4. The number of carbonyl (C=O) groups is 3. The summed E-state index contributed by atoms with van der Waals surface area (Å²) in [6.45, 7) is 2.04. The molecule has 0 aromatic rings. The average Bonchev–Trinajstić information content (AvgIpc) is 2.50. The van der Waals surface area contributed by atoms with Gasteiger partial charge in [-0.25, -0.2) is 9.59 Å². The summed E-state index contributed by atoms with van der Waals surface area (Å²) in [5.41, 5.74) is -1.76. The van der Waals surface area contributed by atoms with Crippen molar-refractivity contribution in [2.75, 3.05) is 0 Å². The second-order valence-corrected chi connectivity index (χ2v) is 3.93. The summed E-state index contributed by atoms with van der Waals surface area (Å²) >= 11 is 0. The second-order valence-electron chi connectivity index (χ2n) is 3.93. The zero-order valence-electron chi connectivity index (χ0n) is 9.21. The Morgan fingerprint density at radius 3 is 2.44 bits per heavy atom. The third kappa shape index (κ3) is 2.32. The molecular weight excluding hydrogens is 212 g/mol. The van der Waals surface area contributed by atoms with Crippen LogP contribution in [0.4, 0.5) is 4.79 Å². The quantitative estimate of drug-likeness (QED) is 0.353. The van der Waals surface area contributed by atoms with Crippen molar-refractivity contribution >= 4 is 17.9 Å². The van der Waals surface area contributed by atoms with Crippen molar-refractivity contribution in [1.82, 2.24) is 10.6 Å². The van der Waals surface area contributed by atoms with Gasteiger partial charge in [-0.2, -0.15) is 0 Å². The van der Waals surface area contributed by atoms with Crippen LogP contribution in [0.1, 0.15) is 39.0 Å². The van der Waals surface area contributed by atoms with E-state index >= 15 is 0 Å². The third-order valence-corrected chi connectivity index (χ3v) is 2.71. The summed E-state index contributed by atoms with van der Waals surface area (Å²) in [6.07, 6.45) is 3.62. The molecule has 1 aliphatic rings. The highest BCUT2D eigenvalue weighted by atomic mass is 16.4. The number of imide groups is 1. The molecule has 0 aliphatic carbocycles. The molecule has 1 atom stereocenters. The Morgan fingerprint density at radius 1 is 1.31 bits per heavy atom. The molecule has 0 radical (unpaired) electrons. The van der Waals surface area contributed by atoms with Gasteiger partial charge in [0.25, 0.3) is 5.91 Å². The van der Waals surface area contributed by atoms with E-state index in [1.807, 2.05) is 12.2 Å². The van der Waals surface area contributed by atoms with E-state index in [4.69, 9.17) is 5.11 Å². The summed E-state index contributed by atoms with van der Waals surface area (Å²) in [7, 11) is 0. The van der Waals surface area contributed by atoms with Crippen LogP contribution in [-0.4, -0.2) is 28.6 Å². The minimum absolute atomic E-state index is 0.139. The molecule has 1 saturated heterocycles. The van der Waals surface area contributed by atoms with Crippen LogP contribution in [0.15, 0.2) is 0 Å². The predicted molar refractivity (Wildman–Crippen MR) is 55.8 cm³/mol. The highest BCUT2D eigenvalue weighted by Gasteiger charge is 2.52. The number of hydrogen-bond donors (Lipinski definition) is 3. The molecule has 6 nitrogen and oxygen atoms in total. The first-order valence-corrected chi connectivity index (χ1v) is 5.40. The molecule has 0 bridgehead atoms. The summed E-state index contributed by atoms with van der Waals surface area (Å²) in [4.78, 5) is 33.5. The van der Waals surface area contributed by atoms with Gasteiger partial charge in [0.1, 0.15) is 0 Å². The number of rotatable bonds is 6. The van der Waals surface area contributed by atoms with E-state index in [1.165, 1.54) is 0 Å². The molecule has 1 rings (SSSR count). The first kappa shape index (κ1) is 12.5. The summed E-state index contributed by atoms with van der Waals surface area (Å²) < 4.78 is 0. The lowest BCUT2D eigenvalue weighted by Gasteiger charge is -2.20. The number of carboxylic acid groups (broad SMARTS) is 1. The SMILES string of the molecule is CCCCCCC1(C(=O)O)NC(=O)NC1=O. The molecule has 3 N–H and O–H groups in total. The Hall–Kier alpha value is -1.59. The maximum absolute atomic E-state index is 11.4. The van der Waals surface area contributed by atoms with Crippen molar-refractivity contribution in [1.29, 1.82) is 0 Å². The predicted octanol–water partition coefficient (Wildman–Crippen LogP) is 0.620. The lowest BCUT2D eigenvalue weighted by atomic mass is 9.92. The van der Waals surface area contributed by atoms with Crippen LogP contribution in [0.5, 0.6) is 0 Å². The van der Waals surface area contributed by atoms with E-state index < -0.39 is 23.4 Å². The fraction of sp³-hybridized carbons (Fsp3) is 0.700. The van der Waals surface area contributed by atoms with E-state index in [-0.39, 0.29) is 6.42 Å². The van der Waals surface area contributed by atoms with E-state index in [1.54, 1.807) is 0 Å². The summed E-state index contributed by atoms with van der Waals surface area (Å²) in [6, 6.07) is -0.733. The first-order chi connectivity index (χ1) is 7.53. The topological polar surface area (TPSA) is 95.5 Å². The normalized spacial score (nSPS) is 24.1. The fourth-order valence-corrected chi connectivity index (χ4v) is 1.74. The third-order valence-electron chi connectivity index (χ3n) is 2.71. The molecule has 0 aromatic carbocycles. The standard InChI is InChI=1S/C10H16N2O4/c1-2-3-4-5-6-10(8(14)15)7(13)11-9(16)12-10/h2-6H2,1H3,(H,14,15)(H2,11,12,13,16). The van der Waals surface area contributed by atoms with Crippen molar-refractivity contribution < 1.29 is 19.5 Å². The van der Waals surface area contributed by atoms with Crippen LogP contribution < -0.4 is 10.6 Å². The minimum atomic E-state index is -1.76. The average molecular weight is 228 g/mol. The van der Waals surface area contributed by atoms with Crippen molar-refractivity contribution in [3.05, 3.63) is 0 Å². The fourth-order valence-electron chi connectivity index (χ4n) is 1.74. The van der Waals surface area contributed by atoms with Gasteiger partial charge in [-0.15, -0.1) is 0 Å². The number of nitrogens with one attached hydrogen (secondary N) is 2. The molecule has 1 unspecified atom stereocenters. The van der Waals surface area contributed by atoms with Crippen LogP contribution in [0.25, 0.3) is 0 Å². The summed E-state index contributed by atoms with van der Waals surface area (Å²) in [5, 5.41) is 13.2. The maximum Gasteiger partial charge on any atom is 0.339 e. The van der Waals surface area contributed by atoms with Crippen molar-refractivity contribution in [3.63, 3.8) is 0 Å². The van der Waals surface area contributed by atoms with Gasteiger partial charge in [-0.1, -0.05) is 26.2 Å². The molecule has 3 amide bonds. The van der Waals surface area contributed by atoms with E-state index in [0.717, 1.165) is 19.3 Å². The highest BCUT2D eigenvalue weighted by molar-refractivity contribution is 6.18. The van der Waals surface area contributed by atoms with Crippen LogP contribution in [-0.2, 0) is 9.59 Å². The van der Waals surface area contributed by atoms with Gasteiger partial charge in [-0.05, 0) is 12.8 Å². The van der Waals surface area contributed by atoms with Gasteiger partial charge < -0.3 is 10.4 Å². The Bertz CT molecular complexity index is 316. The van der Waals surface area contributed by atoms with Gasteiger partial charge in [0, 0.05) is 0 Å². The largest absolute Gasteiger partial charge is 0.479 e. The van der Waals surface area contributed by atoms with Crippen LogP contribution >= 0.6 is 0 Å². The number of carbonyl (C=O) groups excluding carboxylic acids is 2. The van der Waals surface area contributed by atoms with Gasteiger partial charge in [-0.3, -0.25) is 10.1 Å². The minimum Gasteiger partial charge on any atom is -0.479 e. The molecular formula is C10H16N2O4. The van der Waals surface area contributed by atoms with Crippen LogP contribution in [0.2, 0.25) is 0 Å². The second kappa shape index (κ2) is 4.96. The van der Waals surface area contributed by atoms with Gasteiger partial charge >= 0.3 is 12.0 Å². The molecule has 0 aromatic heterocycles. The molecule has 1 aliphatic heterocycles. The zero-order chi connectivity index (χ0) is 12.2. The highest BCUT2D eigenvalue weighted by Crippen LogP contribution is 2.20. The number of unbranched alkanes of at least 4 members (excludes halogenated alkanes) is 3. The van der Waals surface area contributed by atoms with Gasteiger partial charge in [0.05, 0.1) is 0 Å². The Balaban J connectivity index is 2.64. The lowest BCUT2D eigenvalue weighted by Crippen LogP contribution is -2.53. The molecule has 1 heterocycles. The van der Waals surface area contributed by atoms with Crippen LogP contribution in [0.3, 0.4) is 0 Å². The van der Waals surface area contributed by atoms with Crippen molar-refractivity contribution in [2.24, 2.45) is 0 Å². The Morgan fingerprint density at radius 2 is 2.00 bits per heavy atom. The Labute approximate surface area is 93.4 Å². The number of urea groups is 1. The van der Waals surface area contributed by atoms with Crippen molar-refractivity contribution in [3.8, 4) is 0 Å². The van der Waals surface area contributed by atoms with Gasteiger partial charge in [0.2, 0.25) is 5.54 Å². The van der Waals surface area contributed by atoms with E-state index in [0.29, 0.717) is 6.42 Å². The molecule has 90 valence electrons. The molecule has 6 heteroatoms. The monoisotopic (exact) mass is 228 g/mol. The molecule has 0 saturated carbocycles. The first-order valence-electron chi connectivity index (χ1n) is 5.40. The van der Waals surface area contributed by atoms with Gasteiger partial charge in [0.15, 0.2) is 0 Å². The van der Waals surface area contributed by atoms with Crippen molar-refractivity contribution in [2.45, 2.75) is 44.6 Å². The molecule has 0 spiro atoms. The number of carboxylic acids is 1. The smallest absolute Gasteiger partial charge is 0.339 e. The summed E-state index contributed by atoms with van der Waals surface area (Å²) in [5.74, 6) is -2.06. The zero-order valence-corrected chi connectivity index (χ0v) is 9.21. The van der Waals surface area contributed by atoms with E-state index in [9.17, 15) is 14.4 Å². The molecule has 16 heavy (non-hydrogen) atoms. The van der Waals surface area contributed by atoms with Crippen LogP contribution in [0, 0.1) is 0 Å².